The normalized spacial score (nSPS) is 15.7. The Hall–Kier alpha value is -0.126. The summed E-state index contributed by atoms with van der Waals surface area (Å²) in [7, 11) is -3.12. The van der Waals surface area contributed by atoms with Gasteiger partial charge in [0.2, 0.25) is 8.32 Å². The van der Waals surface area contributed by atoms with Crippen LogP contribution in [0.4, 0.5) is 0 Å². The zero-order chi connectivity index (χ0) is 13.2. The van der Waals surface area contributed by atoms with Crippen LogP contribution in [0.2, 0.25) is 31.7 Å². The molecule has 94 valence electrons. The molecule has 1 unspecified atom stereocenters. The van der Waals surface area contributed by atoms with E-state index < -0.39 is 16.4 Å². The van der Waals surface area contributed by atoms with E-state index in [1.54, 1.807) is 0 Å². The molecule has 0 N–H and O–H groups in total. The minimum atomic E-state index is -1.72. The van der Waals surface area contributed by atoms with Crippen LogP contribution >= 0.6 is 0 Å². The Morgan fingerprint density at radius 3 is 1.81 bits per heavy atom. The topological polar surface area (TPSA) is 9.23 Å². The Morgan fingerprint density at radius 1 is 1.06 bits per heavy atom. The van der Waals surface area contributed by atoms with Crippen molar-refractivity contribution in [1.29, 1.82) is 0 Å². The van der Waals surface area contributed by atoms with E-state index >= 15 is 0 Å². The van der Waals surface area contributed by atoms with Gasteiger partial charge in [-0.05, 0) is 32.5 Å². The highest BCUT2D eigenvalue weighted by molar-refractivity contribution is 6.83. The third kappa shape index (κ3) is 4.03. The molecule has 1 nitrogen and oxygen atoms in total. The summed E-state index contributed by atoms with van der Waals surface area (Å²) in [6.45, 7) is 23.6. The van der Waals surface area contributed by atoms with Crippen LogP contribution in [-0.4, -0.2) is 22.0 Å². The van der Waals surface area contributed by atoms with E-state index in [1.807, 2.05) is 5.70 Å². The van der Waals surface area contributed by atoms with Gasteiger partial charge in [-0.25, -0.2) is 0 Å². The molecular formula is C13H28OSi2. The lowest BCUT2D eigenvalue weighted by Crippen LogP contribution is -2.48. The highest BCUT2D eigenvalue weighted by Gasteiger charge is 2.40. The molecule has 0 spiro atoms. The second-order valence-corrected chi connectivity index (χ2v) is 15.0. The van der Waals surface area contributed by atoms with Gasteiger partial charge in [-0.15, -0.1) is 18.9 Å². The van der Waals surface area contributed by atoms with Crippen molar-refractivity contribution in [3.63, 3.8) is 0 Å². The minimum absolute atomic E-state index is 0.0895. The van der Waals surface area contributed by atoms with E-state index in [2.05, 4.69) is 65.8 Å². The molecule has 0 rings (SSSR count). The van der Waals surface area contributed by atoms with Crippen LogP contribution in [0, 0.1) is 0 Å². The summed E-state index contributed by atoms with van der Waals surface area (Å²) in [6.07, 6.45) is 0. The molecule has 3 heteroatoms. The molecule has 0 bridgehead atoms. The van der Waals surface area contributed by atoms with Crippen LogP contribution in [0.25, 0.3) is 0 Å². The van der Waals surface area contributed by atoms with E-state index in [0.29, 0.717) is 5.54 Å². The molecule has 1 atom stereocenters. The van der Waals surface area contributed by atoms with Crippen LogP contribution in [0.1, 0.15) is 20.8 Å². The fraction of sp³-hybridized carbons (Fsp3) is 0.692. The Kier molecular flexibility index (Phi) is 4.98. The molecule has 0 amide bonds. The third-order valence-corrected chi connectivity index (χ3v) is 9.72. The van der Waals surface area contributed by atoms with E-state index in [-0.39, 0.29) is 5.60 Å². The van der Waals surface area contributed by atoms with E-state index in [4.69, 9.17) is 4.43 Å². The fourth-order valence-corrected chi connectivity index (χ4v) is 5.82. The lowest BCUT2D eigenvalue weighted by Gasteiger charge is -2.43. The second-order valence-electron chi connectivity index (χ2n) is 6.26. The molecule has 0 saturated carbocycles. The standard InChI is InChI=1S/C13H28OSi2/c1-10-15(6,7)12(3)13(4,5)14-16(8,9)11-2/h10-12H,1-2H2,3-9H3. The zero-order valence-electron chi connectivity index (χ0n) is 12.1. The summed E-state index contributed by atoms with van der Waals surface area (Å²) in [5, 5.41) is 0. The minimum Gasteiger partial charge on any atom is -0.409 e. The van der Waals surface area contributed by atoms with Crippen LogP contribution in [0.5, 0.6) is 0 Å². The summed E-state index contributed by atoms with van der Waals surface area (Å²) in [5.74, 6) is 0. The summed E-state index contributed by atoms with van der Waals surface area (Å²) in [4.78, 5) is 0. The molecule has 0 aromatic rings. The molecule has 0 radical (unpaired) electrons. The molecule has 0 aliphatic heterocycles. The Morgan fingerprint density at radius 2 is 1.50 bits per heavy atom. The smallest absolute Gasteiger partial charge is 0.211 e. The first-order chi connectivity index (χ1) is 6.98. The summed E-state index contributed by atoms with van der Waals surface area (Å²) >= 11 is 0. The van der Waals surface area contributed by atoms with Crippen molar-refractivity contribution in [3.8, 4) is 0 Å². The molecular weight excluding hydrogens is 228 g/mol. The Balaban J connectivity index is 4.92. The SMILES string of the molecule is C=C[Si](C)(C)OC(C)(C)C(C)[Si](C)(C)C=C. The molecule has 0 heterocycles. The number of hydrogen-bond acceptors (Lipinski definition) is 1. The molecule has 0 aliphatic carbocycles. The maximum absolute atomic E-state index is 6.33. The van der Waals surface area contributed by atoms with Crippen molar-refractivity contribution in [2.75, 3.05) is 0 Å². The van der Waals surface area contributed by atoms with Gasteiger partial charge in [-0.3, -0.25) is 0 Å². The average molecular weight is 257 g/mol. The molecule has 0 aromatic heterocycles. The third-order valence-electron chi connectivity index (χ3n) is 3.70. The maximum atomic E-state index is 6.33. The predicted molar refractivity (Wildman–Crippen MR) is 79.9 cm³/mol. The molecule has 0 aromatic carbocycles. The van der Waals surface area contributed by atoms with E-state index in [9.17, 15) is 0 Å². The van der Waals surface area contributed by atoms with Crippen molar-refractivity contribution < 1.29 is 4.43 Å². The second kappa shape index (κ2) is 5.02. The highest BCUT2D eigenvalue weighted by atomic mass is 28.4. The van der Waals surface area contributed by atoms with E-state index in [1.165, 1.54) is 0 Å². The van der Waals surface area contributed by atoms with Gasteiger partial charge in [0.25, 0.3) is 0 Å². The lowest BCUT2D eigenvalue weighted by atomic mass is 10.1. The lowest BCUT2D eigenvalue weighted by molar-refractivity contribution is 0.0967. The van der Waals surface area contributed by atoms with E-state index in [0.717, 1.165) is 0 Å². The zero-order valence-corrected chi connectivity index (χ0v) is 14.1. The van der Waals surface area contributed by atoms with Crippen molar-refractivity contribution >= 4 is 16.4 Å². The molecule has 0 fully saturated rings. The van der Waals surface area contributed by atoms with Gasteiger partial charge in [-0.2, -0.15) is 0 Å². The van der Waals surface area contributed by atoms with Crippen LogP contribution < -0.4 is 0 Å². The first-order valence-corrected chi connectivity index (χ1v) is 12.1. The Labute approximate surface area is 104 Å². The Bertz CT molecular complexity index is 267. The van der Waals surface area contributed by atoms with Crippen LogP contribution in [-0.2, 0) is 4.43 Å². The van der Waals surface area contributed by atoms with Crippen molar-refractivity contribution in [2.45, 2.75) is 58.1 Å². The van der Waals surface area contributed by atoms with Gasteiger partial charge in [0, 0.05) is 0 Å². The van der Waals surface area contributed by atoms with Gasteiger partial charge < -0.3 is 4.43 Å². The monoisotopic (exact) mass is 256 g/mol. The molecule has 0 aliphatic rings. The number of hydrogen-bond donors (Lipinski definition) is 0. The molecule has 0 saturated heterocycles. The van der Waals surface area contributed by atoms with Crippen LogP contribution in [0.15, 0.2) is 24.6 Å². The molecule has 16 heavy (non-hydrogen) atoms. The summed E-state index contributed by atoms with van der Waals surface area (Å²) in [5.41, 5.74) is 4.62. The quantitative estimate of drug-likeness (QED) is 0.634. The van der Waals surface area contributed by atoms with Gasteiger partial charge >= 0.3 is 0 Å². The first kappa shape index (κ1) is 15.9. The van der Waals surface area contributed by atoms with Crippen molar-refractivity contribution in [1.82, 2.24) is 0 Å². The van der Waals surface area contributed by atoms with Gasteiger partial charge in [0.1, 0.15) is 0 Å². The van der Waals surface area contributed by atoms with Crippen LogP contribution in [0.3, 0.4) is 0 Å². The van der Waals surface area contributed by atoms with Gasteiger partial charge in [0.15, 0.2) is 0 Å². The number of rotatable bonds is 6. The maximum Gasteiger partial charge on any atom is 0.211 e. The average Bonchev–Trinajstić information content (AvgIpc) is 2.15. The summed E-state index contributed by atoms with van der Waals surface area (Å²) < 4.78 is 6.33. The predicted octanol–water partition coefficient (Wildman–Crippen LogP) is 4.54. The highest BCUT2D eigenvalue weighted by Crippen LogP contribution is 2.37. The largest absolute Gasteiger partial charge is 0.409 e. The summed E-state index contributed by atoms with van der Waals surface area (Å²) in [6, 6.07) is 0. The fourth-order valence-electron chi connectivity index (χ4n) is 1.88. The first-order valence-electron chi connectivity index (χ1n) is 5.96. The van der Waals surface area contributed by atoms with Crippen molar-refractivity contribution in [3.05, 3.63) is 24.6 Å². The van der Waals surface area contributed by atoms with Crippen molar-refractivity contribution in [2.24, 2.45) is 0 Å². The van der Waals surface area contributed by atoms with Gasteiger partial charge in [0.05, 0.1) is 13.7 Å². The van der Waals surface area contributed by atoms with Gasteiger partial charge in [-0.1, -0.05) is 25.7 Å².